The van der Waals surface area contributed by atoms with Gasteiger partial charge in [-0.05, 0) is 49.2 Å². The maximum atomic E-state index is 13.3. The van der Waals surface area contributed by atoms with Crippen molar-refractivity contribution in [1.82, 2.24) is 10.7 Å². The fourth-order valence-corrected chi connectivity index (χ4v) is 3.16. The van der Waals surface area contributed by atoms with E-state index in [9.17, 15) is 18.7 Å². The molecule has 0 heterocycles. The second-order valence-electron chi connectivity index (χ2n) is 6.40. The lowest BCUT2D eigenvalue weighted by molar-refractivity contribution is -0.120. The van der Waals surface area contributed by atoms with Crippen LogP contribution in [0.3, 0.4) is 0 Å². The van der Waals surface area contributed by atoms with E-state index in [-0.39, 0.29) is 30.2 Å². The Labute approximate surface area is 163 Å². The Kier molecular flexibility index (Phi) is 5.86. The average Bonchev–Trinajstić information content (AvgIpc) is 3.42. The highest BCUT2D eigenvalue weighted by Crippen LogP contribution is 2.40. The third kappa shape index (κ3) is 4.90. The van der Waals surface area contributed by atoms with E-state index in [4.69, 9.17) is 0 Å². The molecule has 5 nitrogen and oxygen atoms in total. The third-order valence-corrected chi connectivity index (χ3v) is 4.88. The van der Waals surface area contributed by atoms with Gasteiger partial charge in [0.05, 0.1) is 12.3 Å². The first-order valence-electron chi connectivity index (χ1n) is 8.35. The molecule has 8 heteroatoms. The molecule has 2 aromatic carbocycles. The standard InChI is InChI=1S/C19H18BrF2N3O2/c1-10(13-7-12(20)3-5-18(13)26)24-25-19(27)9-23-17-8-14(17)11-2-4-15(21)16(22)6-11/h2-7,14,17,23,26H,8-9H2,1H3,(H,25,27)/b24-10+/t14-,17+/m0/s1. The zero-order valence-corrected chi connectivity index (χ0v) is 16.1. The van der Waals surface area contributed by atoms with Crippen LogP contribution in [0, 0.1) is 11.6 Å². The molecule has 1 saturated carbocycles. The van der Waals surface area contributed by atoms with E-state index < -0.39 is 11.6 Å². The number of halogens is 3. The lowest BCUT2D eigenvalue weighted by atomic mass is 10.1. The number of phenolic OH excluding ortho intramolecular Hbond substituents is 1. The molecule has 0 bridgehead atoms. The van der Waals surface area contributed by atoms with E-state index in [1.807, 2.05) is 0 Å². The zero-order valence-electron chi connectivity index (χ0n) is 14.5. The number of hydrogen-bond acceptors (Lipinski definition) is 4. The summed E-state index contributed by atoms with van der Waals surface area (Å²) < 4.78 is 27.0. The number of hydrogen-bond donors (Lipinski definition) is 3. The molecule has 142 valence electrons. The van der Waals surface area contributed by atoms with Gasteiger partial charge >= 0.3 is 0 Å². The van der Waals surface area contributed by atoms with Crippen LogP contribution in [0.1, 0.15) is 30.4 Å². The van der Waals surface area contributed by atoms with Crippen molar-refractivity contribution in [3.8, 4) is 5.75 Å². The first-order chi connectivity index (χ1) is 12.8. The van der Waals surface area contributed by atoms with Crippen molar-refractivity contribution in [2.24, 2.45) is 5.10 Å². The summed E-state index contributed by atoms with van der Waals surface area (Å²) in [5, 5.41) is 16.9. The Bertz CT molecular complexity index is 905. The topological polar surface area (TPSA) is 73.7 Å². The number of nitrogens with one attached hydrogen (secondary N) is 2. The number of carbonyl (C=O) groups excluding carboxylic acids is 1. The first kappa shape index (κ1) is 19.4. The van der Waals surface area contributed by atoms with Crippen molar-refractivity contribution in [3.63, 3.8) is 0 Å². The Morgan fingerprint density at radius 1 is 1.26 bits per heavy atom. The van der Waals surface area contributed by atoms with E-state index in [0.717, 1.165) is 17.0 Å². The van der Waals surface area contributed by atoms with E-state index in [0.29, 0.717) is 16.8 Å². The van der Waals surface area contributed by atoms with E-state index in [1.54, 1.807) is 25.1 Å². The van der Waals surface area contributed by atoms with Crippen LogP contribution in [-0.2, 0) is 4.79 Å². The summed E-state index contributed by atoms with van der Waals surface area (Å²) >= 11 is 3.32. The third-order valence-electron chi connectivity index (χ3n) is 4.38. The maximum absolute atomic E-state index is 13.3. The van der Waals surface area contributed by atoms with Crippen LogP contribution >= 0.6 is 15.9 Å². The molecule has 0 unspecified atom stereocenters. The van der Waals surface area contributed by atoms with Gasteiger partial charge < -0.3 is 10.4 Å². The van der Waals surface area contributed by atoms with Crippen LogP contribution in [0.4, 0.5) is 8.78 Å². The summed E-state index contributed by atoms with van der Waals surface area (Å²) in [5.41, 5.74) is 4.12. The zero-order chi connectivity index (χ0) is 19.6. The average molecular weight is 438 g/mol. The van der Waals surface area contributed by atoms with Crippen LogP contribution in [0.15, 0.2) is 46.0 Å². The monoisotopic (exact) mass is 437 g/mol. The number of hydrazone groups is 1. The van der Waals surface area contributed by atoms with Crippen LogP contribution in [0.25, 0.3) is 0 Å². The van der Waals surface area contributed by atoms with Crippen LogP contribution in [0.2, 0.25) is 0 Å². The molecule has 1 aliphatic rings. The van der Waals surface area contributed by atoms with Crippen molar-refractivity contribution in [2.45, 2.75) is 25.3 Å². The second-order valence-corrected chi connectivity index (χ2v) is 7.31. The second kappa shape index (κ2) is 8.14. The van der Waals surface area contributed by atoms with Gasteiger partial charge in [-0.15, -0.1) is 0 Å². The largest absolute Gasteiger partial charge is 0.507 e. The van der Waals surface area contributed by atoms with Gasteiger partial charge in [-0.25, -0.2) is 14.2 Å². The van der Waals surface area contributed by atoms with Crippen LogP contribution in [-0.4, -0.2) is 29.3 Å². The highest BCUT2D eigenvalue weighted by Gasteiger charge is 2.38. The molecule has 1 fully saturated rings. The molecule has 0 aromatic heterocycles. The highest BCUT2D eigenvalue weighted by atomic mass is 79.9. The Hall–Kier alpha value is -2.32. The molecule has 1 amide bonds. The molecule has 0 spiro atoms. The van der Waals surface area contributed by atoms with Gasteiger partial charge in [0.25, 0.3) is 5.91 Å². The molecule has 0 saturated heterocycles. The van der Waals surface area contributed by atoms with Crippen molar-refractivity contribution in [3.05, 3.63) is 63.6 Å². The summed E-state index contributed by atoms with van der Waals surface area (Å²) in [7, 11) is 0. The molecule has 2 atom stereocenters. The number of aromatic hydroxyl groups is 1. The van der Waals surface area contributed by atoms with Gasteiger partial charge in [0.15, 0.2) is 11.6 Å². The summed E-state index contributed by atoms with van der Waals surface area (Å²) in [6.07, 6.45) is 0.757. The number of rotatable bonds is 6. The van der Waals surface area contributed by atoms with E-state index in [2.05, 4.69) is 31.8 Å². The maximum Gasteiger partial charge on any atom is 0.254 e. The van der Waals surface area contributed by atoms with Crippen molar-refractivity contribution < 1.29 is 18.7 Å². The van der Waals surface area contributed by atoms with Crippen LogP contribution < -0.4 is 10.7 Å². The van der Waals surface area contributed by atoms with Gasteiger partial charge in [0, 0.05) is 22.0 Å². The van der Waals surface area contributed by atoms with E-state index in [1.165, 1.54) is 12.1 Å². The van der Waals surface area contributed by atoms with Gasteiger partial charge in [0.1, 0.15) is 5.75 Å². The fourth-order valence-electron chi connectivity index (χ4n) is 2.80. The quantitative estimate of drug-likeness (QED) is 0.478. The number of carbonyl (C=O) groups is 1. The lowest BCUT2D eigenvalue weighted by Gasteiger charge is -2.07. The number of phenols is 1. The predicted molar refractivity (Wildman–Crippen MR) is 102 cm³/mol. The van der Waals surface area contributed by atoms with Crippen LogP contribution in [0.5, 0.6) is 5.75 Å². The smallest absolute Gasteiger partial charge is 0.254 e. The first-order valence-corrected chi connectivity index (χ1v) is 9.15. The molecule has 1 aliphatic carbocycles. The molecule has 3 N–H and O–H groups in total. The fraction of sp³-hybridized carbons (Fsp3) is 0.263. The highest BCUT2D eigenvalue weighted by molar-refractivity contribution is 9.10. The minimum atomic E-state index is -0.868. The van der Waals surface area contributed by atoms with Crippen molar-refractivity contribution >= 4 is 27.5 Å². The molecule has 27 heavy (non-hydrogen) atoms. The molecule has 0 radical (unpaired) electrons. The molecular formula is C19H18BrF2N3O2. The van der Waals surface area contributed by atoms with Crippen molar-refractivity contribution in [2.75, 3.05) is 6.54 Å². The summed E-state index contributed by atoms with van der Waals surface area (Å²) in [6.45, 7) is 1.72. The molecule has 3 rings (SSSR count). The van der Waals surface area contributed by atoms with Gasteiger partial charge in [-0.2, -0.15) is 5.10 Å². The Morgan fingerprint density at radius 3 is 2.78 bits per heavy atom. The number of nitrogens with zero attached hydrogens (tertiary/aromatic N) is 1. The van der Waals surface area contributed by atoms with Gasteiger partial charge in [-0.3, -0.25) is 4.79 Å². The molecule has 0 aliphatic heterocycles. The number of benzene rings is 2. The summed E-state index contributed by atoms with van der Waals surface area (Å²) in [6, 6.07) is 8.85. The van der Waals surface area contributed by atoms with Gasteiger partial charge in [0.2, 0.25) is 0 Å². The summed E-state index contributed by atoms with van der Waals surface area (Å²) in [5.74, 6) is -1.93. The predicted octanol–water partition coefficient (Wildman–Crippen LogP) is 3.42. The minimum absolute atomic E-state index is 0.0415. The molecular weight excluding hydrogens is 420 g/mol. The normalized spacial score (nSPS) is 19.0. The van der Waals surface area contributed by atoms with Crippen molar-refractivity contribution in [1.29, 1.82) is 0 Å². The Morgan fingerprint density at radius 2 is 2.04 bits per heavy atom. The lowest BCUT2D eigenvalue weighted by Crippen LogP contribution is -2.33. The van der Waals surface area contributed by atoms with E-state index >= 15 is 0 Å². The number of amides is 1. The Balaban J connectivity index is 1.49. The molecule has 2 aromatic rings. The minimum Gasteiger partial charge on any atom is -0.507 e. The SMILES string of the molecule is C/C(=N\NC(=O)CN[C@@H]1C[C@H]1c1ccc(F)c(F)c1)c1cc(Br)ccc1O. The summed E-state index contributed by atoms with van der Waals surface area (Å²) in [4.78, 5) is 11.9. The van der Waals surface area contributed by atoms with Gasteiger partial charge in [-0.1, -0.05) is 22.0 Å².